The van der Waals surface area contributed by atoms with Crippen molar-refractivity contribution in [1.29, 1.82) is 0 Å². The molecule has 0 bridgehead atoms. The van der Waals surface area contributed by atoms with Crippen molar-refractivity contribution in [3.8, 4) is 0 Å². The van der Waals surface area contributed by atoms with Gasteiger partial charge in [-0.25, -0.2) is 4.98 Å². The minimum Gasteiger partial charge on any atom is -0.351 e. The second kappa shape index (κ2) is 5.13. The fraction of sp³-hybridized carbons (Fsp3) is 0.429. The summed E-state index contributed by atoms with van der Waals surface area (Å²) >= 11 is 0. The Balaban J connectivity index is 1.89. The van der Waals surface area contributed by atoms with E-state index in [0.29, 0.717) is 6.54 Å². The third kappa shape index (κ3) is 2.12. The molecule has 20 heavy (non-hydrogen) atoms. The molecule has 0 radical (unpaired) electrons. The van der Waals surface area contributed by atoms with Crippen LogP contribution in [0.15, 0.2) is 24.4 Å². The number of imidazole rings is 1. The molecular formula is C14H19N5O. The van der Waals surface area contributed by atoms with Gasteiger partial charge in [0.2, 0.25) is 5.91 Å². The Hall–Kier alpha value is -2.08. The zero-order valence-corrected chi connectivity index (χ0v) is 11.6. The standard InChI is InChI=1S/C14H19N5O/c1-11(20)17-6-8-18(9-7-17)14-12(10-15)19-5-3-2-4-13(19)16-14/h2-5H,6-10,15H2,1H3. The summed E-state index contributed by atoms with van der Waals surface area (Å²) in [6.45, 7) is 5.16. The van der Waals surface area contributed by atoms with Crippen LogP contribution < -0.4 is 10.6 Å². The number of hydrogen-bond acceptors (Lipinski definition) is 4. The van der Waals surface area contributed by atoms with E-state index in [1.807, 2.05) is 33.7 Å². The molecule has 106 valence electrons. The lowest BCUT2D eigenvalue weighted by Gasteiger charge is -2.34. The van der Waals surface area contributed by atoms with E-state index in [0.717, 1.165) is 43.3 Å². The van der Waals surface area contributed by atoms with Gasteiger partial charge in [0.25, 0.3) is 0 Å². The van der Waals surface area contributed by atoms with Crippen molar-refractivity contribution in [3.63, 3.8) is 0 Å². The molecule has 2 N–H and O–H groups in total. The monoisotopic (exact) mass is 273 g/mol. The van der Waals surface area contributed by atoms with Gasteiger partial charge in [-0.05, 0) is 12.1 Å². The molecule has 1 fully saturated rings. The lowest BCUT2D eigenvalue weighted by atomic mass is 10.3. The minimum absolute atomic E-state index is 0.138. The molecule has 0 saturated carbocycles. The van der Waals surface area contributed by atoms with Crippen LogP contribution in [0.3, 0.4) is 0 Å². The molecular weight excluding hydrogens is 254 g/mol. The highest BCUT2D eigenvalue weighted by atomic mass is 16.2. The van der Waals surface area contributed by atoms with E-state index in [1.165, 1.54) is 0 Å². The number of carbonyl (C=O) groups is 1. The van der Waals surface area contributed by atoms with Crippen molar-refractivity contribution in [2.45, 2.75) is 13.5 Å². The van der Waals surface area contributed by atoms with Gasteiger partial charge in [0.05, 0.1) is 5.69 Å². The first-order valence-electron chi connectivity index (χ1n) is 6.87. The number of nitrogens with two attached hydrogens (primary N) is 1. The maximum Gasteiger partial charge on any atom is 0.219 e. The Morgan fingerprint density at radius 2 is 2.05 bits per heavy atom. The smallest absolute Gasteiger partial charge is 0.219 e. The van der Waals surface area contributed by atoms with Crippen molar-refractivity contribution in [2.75, 3.05) is 31.1 Å². The third-order valence-corrected chi connectivity index (χ3v) is 3.83. The summed E-state index contributed by atoms with van der Waals surface area (Å²) in [6.07, 6.45) is 1.99. The van der Waals surface area contributed by atoms with E-state index < -0.39 is 0 Å². The van der Waals surface area contributed by atoms with E-state index in [1.54, 1.807) is 6.92 Å². The summed E-state index contributed by atoms with van der Waals surface area (Å²) in [5.74, 6) is 1.08. The Kier molecular flexibility index (Phi) is 3.31. The molecule has 1 aliphatic heterocycles. The number of carbonyl (C=O) groups excluding carboxylic acids is 1. The lowest BCUT2D eigenvalue weighted by Crippen LogP contribution is -2.48. The van der Waals surface area contributed by atoms with E-state index in [2.05, 4.69) is 9.88 Å². The molecule has 2 aromatic rings. The minimum atomic E-state index is 0.138. The van der Waals surface area contributed by atoms with Crippen LogP contribution in [0.5, 0.6) is 0 Å². The molecule has 1 saturated heterocycles. The van der Waals surface area contributed by atoms with Gasteiger partial charge in [-0.1, -0.05) is 6.07 Å². The number of aromatic nitrogens is 2. The predicted molar refractivity (Wildman–Crippen MR) is 77.6 cm³/mol. The number of amides is 1. The summed E-state index contributed by atoms with van der Waals surface area (Å²) in [5, 5.41) is 0. The van der Waals surface area contributed by atoms with Crippen LogP contribution in [-0.2, 0) is 11.3 Å². The SMILES string of the molecule is CC(=O)N1CCN(c2nc3ccccn3c2CN)CC1. The zero-order chi connectivity index (χ0) is 14.1. The highest BCUT2D eigenvalue weighted by Crippen LogP contribution is 2.22. The van der Waals surface area contributed by atoms with Crippen molar-refractivity contribution >= 4 is 17.4 Å². The average molecular weight is 273 g/mol. The van der Waals surface area contributed by atoms with Gasteiger partial charge >= 0.3 is 0 Å². The van der Waals surface area contributed by atoms with Gasteiger partial charge in [-0.2, -0.15) is 0 Å². The maximum atomic E-state index is 11.4. The Labute approximate surface area is 117 Å². The first-order valence-corrected chi connectivity index (χ1v) is 6.87. The summed E-state index contributed by atoms with van der Waals surface area (Å²) in [4.78, 5) is 20.1. The lowest BCUT2D eigenvalue weighted by molar-refractivity contribution is -0.129. The summed E-state index contributed by atoms with van der Waals surface area (Å²) in [6, 6.07) is 5.93. The third-order valence-electron chi connectivity index (χ3n) is 3.83. The van der Waals surface area contributed by atoms with Crippen LogP contribution in [0.25, 0.3) is 5.65 Å². The molecule has 6 nitrogen and oxygen atoms in total. The fourth-order valence-corrected chi connectivity index (χ4v) is 2.71. The molecule has 0 spiro atoms. The largest absolute Gasteiger partial charge is 0.351 e. The molecule has 3 heterocycles. The molecule has 0 atom stereocenters. The number of nitrogens with zero attached hydrogens (tertiary/aromatic N) is 4. The van der Waals surface area contributed by atoms with Crippen molar-refractivity contribution in [2.24, 2.45) is 5.73 Å². The average Bonchev–Trinajstić information content (AvgIpc) is 2.85. The fourth-order valence-electron chi connectivity index (χ4n) is 2.71. The van der Waals surface area contributed by atoms with Crippen LogP contribution in [0.4, 0.5) is 5.82 Å². The number of hydrogen-bond donors (Lipinski definition) is 1. The summed E-state index contributed by atoms with van der Waals surface area (Å²) in [7, 11) is 0. The maximum absolute atomic E-state index is 11.4. The Morgan fingerprint density at radius 1 is 1.30 bits per heavy atom. The number of piperazine rings is 1. The van der Waals surface area contributed by atoms with Crippen molar-refractivity contribution in [1.82, 2.24) is 14.3 Å². The second-order valence-corrected chi connectivity index (χ2v) is 5.01. The topological polar surface area (TPSA) is 66.9 Å². The van der Waals surface area contributed by atoms with E-state index >= 15 is 0 Å². The van der Waals surface area contributed by atoms with Crippen molar-refractivity contribution in [3.05, 3.63) is 30.1 Å². The molecule has 2 aromatic heterocycles. The molecule has 3 rings (SSSR count). The van der Waals surface area contributed by atoms with Gasteiger partial charge in [0.15, 0.2) is 5.82 Å². The number of fused-ring (bicyclic) bond motifs is 1. The molecule has 0 aromatic carbocycles. The number of pyridine rings is 1. The quantitative estimate of drug-likeness (QED) is 0.863. The Bertz CT molecular complexity index is 628. The van der Waals surface area contributed by atoms with Gasteiger partial charge < -0.3 is 19.9 Å². The summed E-state index contributed by atoms with van der Waals surface area (Å²) in [5.41, 5.74) is 7.83. The van der Waals surface area contributed by atoms with Crippen LogP contribution in [0, 0.1) is 0 Å². The van der Waals surface area contributed by atoms with Crippen LogP contribution in [0.2, 0.25) is 0 Å². The first kappa shape index (κ1) is 12.9. The number of anilines is 1. The van der Waals surface area contributed by atoms with Gasteiger partial charge in [0, 0.05) is 45.8 Å². The number of rotatable bonds is 2. The van der Waals surface area contributed by atoms with Crippen molar-refractivity contribution < 1.29 is 4.79 Å². The van der Waals surface area contributed by atoms with Gasteiger partial charge in [-0.3, -0.25) is 4.79 Å². The van der Waals surface area contributed by atoms with Gasteiger partial charge in [-0.15, -0.1) is 0 Å². The predicted octanol–water partition coefficient (Wildman–Crippen LogP) is 0.462. The molecule has 0 aliphatic carbocycles. The normalized spacial score (nSPS) is 15.9. The second-order valence-electron chi connectivity index (χ2n) is 5.01. The van der Waals surface area contributed by atoms with Crippen LogP contribution in [0.1, 0.15) is 12.6 Å². The van der Waals surface area contributed by atoms with Gasteiger partial charge in [0.1, 0.15) is 5.65 Å². The van der Waals surface area contributed by atoms with Crippen LogP contribution in [-0.4, -0.2) is 46.4 Å². The highest BCUT2D eigenvalue weighted by molar-refractivity contribution is 5.73. The summed E-state index contributed by atoms with van der Waals surface area (Å²) < 4.78 is 2.03. The zero-order valence-electron chi connectivity index (χ0n) is 11.6. The van der Waals surface area contributed by atoms with Crippen LogP contribution >= 0.6 is 0 Å². The Morgan fingerprint density at radius 3 is 2.70 bits per heavy atom. The van der Waals surface area contributed by atoms with E-state index in [4.69, 9.17) is 5.73 Å². The molecule has 1 amide bonds. The molecule has 6 heteroatoms. The highest BCUT2D eigenvalue weighted by Gasteiger charge is 2.23. The first-order chi connectivity index (χ1) is 9.70. The van der Waals surface area contributed by atoms with E-state index in [9.17, 15) is 4.79 Å². The van der Waals surface area contributed by atoms with E-state index in [-0.39, 0.29) is 5.91 Å². The molecule has 1 aliphatic rings. The molecule has 0 unspecified atom stereocenters.